The molecule has 1 heterocycles. The maximum absolute atomic E-state index is 13.6. The van der Waals surface area contributed by atoms with Gasteiger partial charge in [-0.25, -0.2) is 4.39 Å². The van der Waals surface area contributed by atoms with Gasteiger partial charge in [-0.3, -0.25) is 9.59 Å². The van der Waals surface area contributed by atoms with Crippen molar-refractivity contribution in [1.82, 2.24) is 4.90 Å². The molecule has 0 radical (unpaired) electrons. The summed E-state index contributed by atoms with van der Waals surface area (Å²) in [7, 11) is 0. The maximum atomic E-state index is 13.6. The van der Waals surface area contributed by atoms with Crippen LogP contribution in [0.5, 0.6) is 0 Å². The molecule has 2 rings (SSSR count). The summed E-state index contributed by atoms with van der Waals surface area (Å²) in [4.78, 5) is 25.4. The van der Waals surface area contributed by atoms with Gasteiger partial charge in [0.25, 0.3) is 0 Å². The average molecular weight is 358 g/mol. The molecule has 1 fully saturated rings. The second-order valence-corrected chi connectivity index (χ2v) is 5.98. The Labute approximate surface area is 131 Å². The first-order valence-electron chi connectivity index (χ1n) is 6.93. The molecule has 6 heteroatoms. The highest BCUT2D eigenvalue weighted by Crippen LogP contribution is 2.39. The molecule has 0 aromatic heterocycles. The normalized spacial score (nSPS) is 23.0. The van der Waals surface area contributed by atoms with Crippen LogP contribution < -0.4 is 0 Å². The summed E-state index contributed by atoms with van der Waals surface area (Å²) in [5, 5.41) is 9.51. The molecule has 1 amide bonds. The van der Waals surface area contributed by atoms with E-state index in [2.05, 4.69) is 15.9 Å². The van der Waals surface area contributed by atoms with Crippen LogP contribution in [0.3, 0.4) is 0 Å². The molecule has 0 spiro atoms. The summed E-state index contributed by atoms with van der Waals surface area (Å²) in [5.74, 6) is -2.20. The van der Waals surface area contributed by atoms with E-state index in [1.54, 1.807) is 11.0 Å². The van der Waals surface area contributed by atoms with Gasteiger partial charge in [-0.1, -0.05) is 15.9 Å². The molecule has 1 aliphatic rings. The molecule has 0 aliphatic carbocycles. The average Bonchev–Trinajstić information content (AvgIpc) is 2.60. The second kappa shape index (κ2) is 6.56. The number of carboxylic acids is 1. The van der Waals surface area contributed by atoms with Gasteiger partial charge in [0.2, 0.25) is 5.91 Å². The van der Waals surface area contributed by atoms with Gasteiger partial charge in [0.05, 0.1) is 12.0 Å². The number of nitrogens with zero attached hydrogens (tertiary/aromatic N) is 1. The quantitative estimate of drug-likeness (QED) is 0.902. The van der Waals surface area contributed by atoms with Crippen LogP contribution in [-0.2, 0) is 9.59 Å². The predicted octanol–water partition coefficient (Wildman–Crippen LogP) is 3.36. The van der Waals surface area contributed by atoms with Gasteiger partial charge in [-0.05, 0) is 43.5 Å². The third-order valence-electron chi connectivity index (χ3n) is 3.88. The number of hydrogen-bond donors (Lipinski definition) is 1. The Morgan fingerprint density at radius 2 is 2.24 bits per heavy atom. The highest BCUT2D eigenvalue weighted by molar-refractivity contribution is 9.10. The summed E-state index contributed by atoms with van der Waals surface area (Å²) in [5.41, 5.74) is 0.513. The summed E-state index contributed by atoms with van der Waals surface area (Å²) < 4.78 is 14.2. The zero-order valence-electron chi connectivity index (χ0n) is 11.7. The third-order valence-corrected chi connectivity index (χ3v) is 4.60. The number of hydrogen-bond acceptors (Lipinski definition) is 2. The number of carbonyl (C=O) groups excluding carboxylic acids is 1. The molecule has 1 aromatic rings. The highest BCUT2D eigenvalue weighted by Gasteiger charge is 2.38. The van der Waals surface area contributed by atoms with Crippen molar-refractivity contribution in [2.24, 2.45) is 5.92 Å². The van der Waals surface area contributed by atoms with E-state index in [1.165, 1.54) is 12.1 Å². The van der Waals surface area contributed by atoms with Crippen molar-refractivity contribution in [3.63, 3.8) is 0 Å². The number of halogens is 2. The molecule has 2 unspecified atom stereocenters. The minimum Gasteiger partial charge on any atom is -0.481 e. The third kappa shape index (κ3) is 3.26. The fourth-order valence-corrected chi connectivity index (χ4v) is 3.39. The lowest BCUT2D eigenvalue weighted by atomic mass is 9.89. The lowest BCUT2D eigenvalue weighted by molar-refractivity contribution is -0.146. The summed E-state index contributed by atoms with van der Waals surface area (Å²) in [6.07, 6.45) is 1.28. The van der Waals surface area contributed by atoms with E-state index in [-0.39, 0.29) is 5.91 Å². The Kier molecular flexibility index (Phi) is 4.98. The van der Waals surface area contributed by atoms with Crippen molar-refractivity contribution in [2.75, 3.05) is 6.54 Å². The van der Waals surface area contributed by atoms with E-state index < -0.39 is 23.7 Å². The topological polar surface area (TPSA) is 57.6 Å². The van der Waals surface area contributed by atoms with Crippen LogP contribution in [0.15, 0.2) is 22.7 Å². The largest absolute Gasteiger partial charge is 0.481 e. The van der Waals surface area contributed by atoms with E-state index >= 15 is 0 Å². The molecule has 0 saturated carbocycles. The smallest absolute Gasteiger partial charge is 0.308 e. The van der Waals surface area contributed by atoms with Crippen molar-refractivity contribution in [3.8, 4) is 0 Å². The van der Waals surface area contributed by atoms with Crippen molar-refractivity contribution in [1.29, 1.82) is 0 Å². The van der Waals surface area contributed by atoms with Crippen molar-refractivity contribution < 1.29 is 19.1 Å². The van der Waals surface area contributed by atoms with E-state index in [0.717, 1.165) is 0 Å². The van der Waals surface area contributed by atoms with Crippen LogP contribution in [0.4, 0.5) is 4.39 Å². The standard InChI is InChI=1S/C15H17BrFNO3/c1-2-18-13(19)5-3-4-10(15(20)21)14(18)11-8-9(17)6-7-12(11)16/h6-8,10,14H,2-5H2,1H3,(H,20,21). The Bertz CT molecular complexity index is 562. The second-order valence-electron chi connectivity index (χ2n) is 5.13. The molecule has 0 bridgehead atoms. The van der Waals surface area contributed by atoms with Crippen LogP contribution in [0, 0.1) is 11.7 Å². The highest BCUT2D eigenvalue weighted by atomic mass is 79.9. The van der Waals surface area contributed by atoms with Crippen LogP contribution in [0.1, 0.15) is 37.8 Å². The zero-order valence-corrected chi connectivity index (χ0v) is 13.3. The first kappa shape index (κ1) is 15.9. The SMILES string of the molecule is CCN1C(=O)CCCC(C(=O)O)C1c1cc(F)ccc1Br. The van der Waals surface area contributed by atoms with Gasteiger partial charge in [0.1, 0.15) is 5.82 Å². The fourth-order valence-electron chi connectivity index (χ4n) is 2.90. The number of carbonyl (C=O) groups is 2. The molecule has 21 heavy (non-hydrogen) atoms. The van der Waals surface area contributed by atoms with Crippen LogP contribution in [0.2, 0.25) is 0 Å². The first-order chi connectivity index (χ1) is 9.95. The minimum absolute atomic E-state index is 0.0811. The lowest BCUT2D eigenvalue weighted by Crippen LogP contribution is -2.39. The van der Waals surface area contributed by atoms with Gasteiger partial charge in [0, 0.05) is 17.4 Å². The van der Waals surface area contributed by atoms with Gasteiger partial charge in [0.15, 0.2) is 0 Å². The Morgan fingerprint density at radius 1 is 1.52 bits per heavy atom. The molecule has 2 atom stereocenters. The zero-order chi connectivity index (χ0) is 15.6. The van der Waals surface area contributed by atoms with Crippen LogP contribution in [-0.4, -0.2) is 28.4 Å². The molecule has 114 valence electrons. The van der Waals surface area contributed by atoms with E-state index in [9.17, 15) is 19.1 Å². The van der Waals surface area contributed by atoms with Gasteiger partial charge < -0.3 is 10.0 Å². The van der Waals surface area contributed by atoms with Gasteiger partial charge >= 0.3 is 5.97 Å². The van der Waals surface area contributed by atoms with Gasteiger partial charge in [-0.2, -0.15) is 0 Å². The lowest BCUT2D eigenvalue weighted by Gasteiger charge is -2.33. The Hall–Kier alpha value is -1.43. The number of benzene rings is 1. The molecule has 1 aliphatic heterocycles. The van der Waals surface area contributed by atoms with E-state index in [4.69, 9.17) is 0 Å². The van der Waals surface area contributed by atoms with Gasteiger partial charge in [-0.15, -0.1) is 0 Å². The first-order valence-corrected chi connectivity index (χ1v) is 7.72. The summed E-state index contributed by atoms with van der Waals surface area (Å²) in [6.45, 7) is 2.21. The number of amides is 1. The Morgan fingerprint density at radius 3 is 2.86 bits per heavy atom. The number of carboxylic acid groups (broad SMARTS) is 1. The molecular weight excluding hydrogens is 341 g/mol. The van der Waals surface area contributed by atoms with Crippen molar-refractivity contribution in [2.45, 2.75) is 32.2 Å². The Balaban J connectivity index is 2.56. The maximum Gasteiger partial charge on any atom is 0.308 e. The van der Waals surface area contributed by atoms with Crippen molar-refractivity contribution >= 4 is 27.8 Å². The summed E-state index contributed by atoms with van der Waals surface area (Å²) in [6, 6.07) is 3.52. The molecule has 1 aromatic carbocycles. The summed E-state index contributed by atoms with van der Waals surface area (Å²) >= 11 is 3.35. The minimum atomic E-state index is -0.954. The monoisotopic (exact) mass is 357 g/mol. The van der Waals surface area contributed by atoms with Crippen LogP contribution >= 0.6 is 15.9 Å². The van der Waals surface area contributed by atoms with Crippen LogP contribution in [0.25, 0.3) is 0 Å². The fraction of sp³-hybridized carbons (Fsp3) is 0.467. The molecule has 4 nitrogen and oxygen atoms in total. The number of aliphatic carboxylic acids is 1. The molecular formula is C15H17BrFNO3. The van der Waals surface area contributed by atoms with E-state index in [1.807, 2.05) is 6.92 Å². The van der Waals surface area contributed by atoms with Crippen molar-refractivity contribution in [3.05, 3.63) is 34.1 Å². The molecule has 1 N–H and O–H groups in total. The van der Waals surface area contributed by atoms with E-state index in [0.29, 0.717) is 35.8 Å². The number of rotatable bonds is 3. The predicted molar refractivity (Wildman–Crippen MR) is 79.2 cm³/mol. The number of likely N-dealkylation sites (tertiary alicyclic amines) is 1. The molecule has 1 saturated heterocycles.